The summed E-state index contributed by atoms with van der Waals surface area (Å²) < 4.78 is 0. The maximum absolute atomic E-state index is 11.8. The molecule has 0 aromatic heterocycles. The summed E-state index contributed by atoms with van der Waals surface area (Å²) in [5.41, 5.74) is 1.23. The van der Waals surface area contributed by atoms with Gasteiger partial charge in [-0.15, -0.1) is 0 Å². The second-order valence-electron chi connectivity index (χ2n) is 8.34. The fourth-order valence-electron chi connectivity index (χ4n) is 3.68. The van der Waals surface area contributed by atoms with Gasteiger partial charge in [-0.2, -0.15) is 0 Å². The highest BCUT2D eigenvalue weighted by Gasteiger charge is 2.22. The molecule has 0 aliphatic heterocycles. The first-order valence-electron chi connectivity index (χ1n) is 12.6. The van der Waals surface area contributed by atoms with Crippen LogP contribution in [-0.4, -0.2) is 52.3 Å². The van der Waals surface area contributed by atoms with Crippen molar-refractivity contribution in [2.24, 2.45) is 5.92 Å². The van der Waals surface area contributed by atoms with Gasteiger partial charge in [0, 0.05) is 19.3 Å². The lowest BCUT2D eigenvalue weighted by molar-refractivity contribution is -0.137. The van der Waals surface area contributed by atoms with Gasteiger partial charge in [0.15, 0.2) is 0 Å². The zero-order valence-corrected chi connectivity index (χ0v) is 21.1. The Balaban J connectivity index is 0.000000785. The number of carboxylic acid groups (broad SMARTS) is 1. The van der Waals surface area contributed by atoms with Crippen LogP contribution in [0.2, 0.25) is 0 Å². The van der Waals surface area contributed by atoms with Crippen LogP contribution >= 0.6 is 0 Å². The van der Waals surface area contributed by atoms with E-state index in [1.54, 1.807) is 12.1 Å². The summed E-state index contributed by atoms with van der Waals surface area (Å²) >= 11 is 0. The van der Waals surface area contributed by atoms with Crippen molar-refractivity contribution in [3.05, 3.63) is 29.8 Å². The van der Waals surface area contributed by atoms with Crippen molar-refractivity contribution in [1.29, 1.82) is 0 Å². The first-order chi connectivity index (χ1) is 15.8. The van der Waals surface area contributed by atoms with E-state index in [1.165, 1.54) is 5.56 Å². The standard InChI is InChI=1S/C19H28O3.C8H17NO2/c1-3-18(21)17(19(22)4-2)10-8-6-5-7-9-15-11-13-16(20)14-12-15;1-3-9(4-2)7-5-6-8(10)11/h11-14,17,20H,3-10H2,1-2H3;3-7H2,1-2H3,(H,10,11). The number of hydrogen-bond donors (Lipinski definition) is 2. The number of benzene rings is 1. The first-order valence-corrected chi connectivity index (χ1v) is 12.6. The van der Waals surface area contributed by atoms with E-state index in [4.69, 9.17) is 5.11 Å². The maximum atomic E-state index is 11.8. The smallest absolute Gasteiger partial charge is 0.303 e. The molecule has 1 aromatic rings. The molecule has 0 amide bonds. The molecule has 6 nitrogen and oxygen atoms in total. The van der Waals surface area contributed by atoms with E-state index in [0.717, 1.165) is 58.2 Å². The average molecular weight is 464 g/mol. The van der Waals surface area contributed by atoms with E-state index in [9.17, 15) is 19.5 Å². The third-order valence-corrected chi connectivity index (χ3v) is 5.88. The van der Waals surface area contributed by atoms with Crippen LogP contribution in [0.4, 0.5) is 0 Å². The molecule has 1 rings (SSSR count). The average Bonchev–Trinajstić information content (AvgIpc) is 2.82. The van der Waals surface area contributed by atoms with E-state index < -0.39 is 5.97 Å². The van der Waals surface area contributed by atoms with Gasteiger partial charge < -0.3 is 15.1 Å². The number of carbonyl (C=O) groups excluding carboxylic acids is 2. The number of carbonyl (C=O) groups is 3. The SMILES string of the molecule is CCC(=O)C(CCCCCCc1ccc(O)cc1)C(=O)CC.CCN(CC)CCCC(=O)O. The Morgan fingerprint density at radius 2 is 1.36 bits per heavy atom. The van der Waals surface area contributed by atoms with Gasteiger partial charge in [-0.05, 0) is 63.0 Å². The number of nitrogens with zero attached hydrogens (tertiary/aromatic N) is 1. The normalized spacial score (nSPS) is 10.7. The molecule has 188 valence electrons. The molecular formula is C27H45NO5. The molecule has 0 saturated heterocycles. The second kappa shape index (κ2) is 19.3. The predicted octanol–water partition coefficient (Wildman–Crippen LogP) is 5.65. The number of phenols is 1. The van der Waals surface area contributed by atoms with Gasteiger partial charge in [0.05, 0.1) is 5.92 Å². The summed E-state index contributed by atoms with van der Waals surface area (Å²) in [6, 6.07) is 7.33. The van der Waals surface area contributed by atoms with Gasteiger partial charge in [-0.3, -0.25) is 14.4 Å². The van der Waals surface area contributed by atoms with Crippen LogP contribution in [0.25, 0.3) is 0 Å². The number of rotatable bonds is 17. The summed E-state index contributed by atoms with van der Waals surface area (Å²) in [4.78, 5) is 36.0. The molecule has 0 bridgehead atoms. The van der Waals surface area contributed by atoms with Gasteiger partial charge >= 0.3 is 5.97 Å². The van der Waals surface area contributed by atoms with Crippen molar-refractivity contribution in [3.63, 3.8) is 0 Å². The van der Waals surface area contributed by atoms with Crippen molar-refractivity contribution < 1.29 is 24.6 Å². The Morgan fingerprint density at radius 1 is 0.818 bits per heavy atom. The Labute approximate surface area is 200 Å². The molecular weight excluding hydrogens is 418 g/mol. The van der Waals surface area contributed by atoms with Crippen LogP contribution in [0.15, 0.2) is 24.3 Å². The largest absolute Gasteiger partial charge is 0.508 e. The predicted molar refractivity (Wildman–Crippen MR) is 134 cm³/mol. The highest BCUT2D eigenvalue weighted by atomic mass is 16.4. The van der Waals surface area contributed by atoms with Gasteiger partial charge in [0.25, 0.3) is 0 Å². The number of unbranched alkanes of at least 4 members (excludes halogenated alkanes) is 3. The lowest BCUT2D eigenvalue weighted by atomic mass is 9.90. The fraction of sp³-hybridized carbons (Fsp3) is 0.667. The molecule has 33 heavy (non-hydrogen) atoms. The Morgan fingerprint density at radius 3 is 1.85 bits per heavy atom. The minimum Gasteiger partial charge on any atom is -0.508 e. The molecule has 0 radical (unpaired) electrons. The molecule has 0 unspecified atom stereocenters. The van der Waals surface area contributed by atoms with Crippen LogP contribution in [0.1, 0.15) is 91.0 Å². The molecule has 0 aliphatic rings. The summed E-state index contributed by atoms with van der Waals surface area (Å²) in [5, 5.41) is 17.6. The number of hydrogen-bond acceptors (Lipinski definition) is 5. The van der Waals surface area contributed by atoms with Gasteiger partial charge in [0.2, 0.25) is 0 Å². The number of aromatic hydroxyl groups is 1. The van der Waals surface area contributed by atoms with Crippen molar-refractivity contribution in [2.75, 3.05) is 19.6 Å². The molecule has 6 heteroatoms. The topological polar surface area (TPSA) is 94.9 Å². The maximum Gasteiger partial charge on any atom is 0.303 e. The van der Waals surface area contributed by atoms with Crippen molar-refractivity contribution in [2.45, 2.75) is 91.9 Å². The zero-order chi connectivity index (χ0) is 25.1. The van der Waals surface area contributed by atoms with E-state index in [0.29, 0.717) is 25.0 Å². The quantitative estimate of drug-likeness (QED) is 0.229. The van der Waals surface area contributed by atoms with Crippen LogP contribution in [0.5, 0.6) is 5.75 Å². The summed E-state index contributed by atoms with van der Waals surface area (Å²) in [6.45, 7) is 10.8. The molecule has 1 aromatic carbocycles. The number of aryl methyl sites for hydroxylation is 1. The molecule has 2 N–H and O–H groups in total. The minimum atomic E-state index is -0.697. The number of ketones is 2. The summed E-state index contributed by atoms with van der Waals surface area (Å²) in [5.74, 6) is -0.577. The second-order valence-corrected chi connectivity index (χ2v) is 8.34. The highest BCUT2D eigenvalue weighted by Crippen LogP contribution is 2.17. The molecule has 0 saturated carbocycles. The molecule has 0 spiro atoms. The number of aliphatic carboxylic acids is 1. The van der Waals surface area contributed by atoms with Crippen LogP contribution in [0.3, 0.4) is 0 Å². The summed E-state index contributed by atoms with van der Waals surface area (Å²) in [7, 11) is 0. The number of Topliss-reactive ketones (excluding diaryl/α,β-unsaturated/α-hetero) is 2. The van der Waals surface area contributed by atoms with Gasteiger partial charge in [-0.1, -0.05) is 59.1 Å². The third-order valence-electron chi connectivity index (χ3n) is 5.88. The Hall–Kier alpha value is -2.21. The van der Waals surface area contributed by atoms with Gasteiger partial charge in [-0.25, -0.2) is 0 Å². The summed E-state index contributed by atoms with van der Waals surface area (Å²) in [6.07, 6.45) is 7.87. The molecule has 0 heterocycles. The fourth-order valence-corrected chi connectivity index (χ4v) is 3.68. The number of phenolic OH excluding ortho intramolecular Hbond substituents is 1. The van der Waals surface area contributed by atoms with Crippen LogP contribution in [-0.2, 0) is 20.8 Å². The highest BCUT2D eigenvalue weighted by molar-refractivity contribution is 6.02. The van der Waals surface area contributed by atoms with Gasteiger partial charge in [0.1, 0.15) is 17.3 Å². The van der Waals surface area contributed by atoms with Crippen LogP contribution in [0, 0.1) is 5.92 Å². The number of carboxylic acids is 1. The van der Waals surface area contributed by atoms with Crippen molar-refractivity contribution >= 4 is 17.5 Å². The monoisotopic (exact) mass is 463 g/mol. The molecule has 0 atom stereocenters. The van der Waals surface area contributed by atoms with E-state index in [2.05, 4.69) is 18.7 Å². The Bertz CT molecular complexity index is 652. The van der Waals surface area contributed by atoms with E-state index in [1.807, 2.05) is 26.0 Å². The van der Waals surface area contributed by atoms with E-state index in [-0.39, 0.29) is 23.9 Å². The van der Waals surface area contributed by atoms with E-state index >= 15 is 0 Å². The molecule has 0 fully saturated rings. The molecule has 0 aliphatic carbocycles. The van der Waals surface area contributed by atoms with Crippen molar-refractivity contribution in [1.82, 2.24) is 4.90 Å². The minimum absolute atomic E-state index is 0.0935. The van der Waals surface area contributed by atoms with Crippen molar-refractivity contribution in [3.8, 4) is 5.75 Å². The van der Waals surface area contributed by atoms with Crippen LogP contribution < -0.4 is 0 Å². The zero-order valence-electron chi connectivity index (χ0n) is 21.1. The lowest BCUT2D eigenvalue weighted by Crippen LogP contribution is -2.24. The third kappa shape index (κ3) is 15.3. The first kappa shape index (κ1) is 30.8. The Kier molecular flexibility index (Phi) is 18.0. The lowest BCUT2D eigenvalue weighted by Gasteiger charge is -2.16.